The van der Waals surface area contributed by atoms with Crippen LogP contribution in [-0.4, -0.2) is 12.6 Å². The van der Waals surface area contributed by atoms with Crippen molar-refractivity contribution in [2.45, 2.75) is 46.6 Å². The highest BCUT2D eigenvalue weighted by Gasteiger charge is 2.21. The van der Waals surface area contributed by atoms with Gasteiger partial charge in [-0.25, -0.2) is 4.79 Å². The summed E-state index contributed by atoms with van der Waals surface area (Å²) in [5.41, 5.74) is 0. The third kappa shape index (κ3) is 3.24. The van der Waals surface area contributed by atoms with Gasteiger partial charge in [0.25, 0.3) is 0 Å². The highest BCUT2D eigenvalue weighted by atomic mass is 16.5. The summed E-state index contributed by atoms with van der Waals surface area (Å²) in [6, 6.07) is 0. The highest BCUT2D eigenvalue weighted by Crippen LogP contribution is 2.21. The predicted molar refractivity (Wildman–Crippen MR) is 49.5 cm³/mol. The molecule has 0 rings (SSSR count). The first kappa shape index (κ1) is 11.5. The lowest BCUT2D eigenvalue weighted by Crippen LogP contribution is -2.25. The van der Waals surface area contributed by atoms with Crippen LogP contribution in [0.4, 0.5) is 0 Å². The maximum Gasteiger partial charge on any atom is 0.417 e. The van der Waals surface area contributed by atoms with E-state index in [4.69, 9.17) is 4.74 Å². The van der Waals surface area contributed by atoms with Gasteiger partial charge >= 0.3 is 6.47 Å². The van der Waals surface area contributed by atoms with Crippen LogP contribution < -0.4 is 0 Å². The van der Waals surface area contributed by atoms with E-state index in [0.717, 1.165) is 12.8 Å². The molecule has 0 N–H and O–H groups in total. The molecule has 2 heteroatoms. The van der Waals surface area contributed by atoms with Crippen LogP contribution in [0, 0.1) is 11.8 Å². The first-order chi connectivity index (χ1) is 5.67. The molecule has 0 spiro atoms. The lowest BCUT2D eigenvalue weighted by Gasteiger charge is -2.25. The standard InChI is InChI=1S/C10H19O2/c1-5-8(3)9(4)10(6-2)12-7-11/h8-10H,5-6H2,1-4H3. The van der Waals surface area contributed by atoms with Gasteiger partial charge in [0.1, 0.15) is 6.10 Å². The molecule has 0 aromatic carbocycles. The zero-order valence-electron chi connectivity index (χ0n) is 8.46. The second-order valence-electron chi connectivity index (χ2n) is 3.39. The normalized spacial score (nSPS) is 18.0. The minimum Gasteiger partial charge on any atom is -0.454 e. The molecule has 1 radical (unpaired) electrons. The summed E-state index contributed by atoms with van der Waals surface area (Å²) in [5.74, 6) is 1.03. The van der Waals surface area contributed by atoms with Crippen molar-refractivity contribution in [1.82, 2.24) is 0 Å². The Kier molecular flexibility index (Phi) is 5.77. The quantitative estimate of drug-likeness (QED) is 0.614. The molecule has 71 valence electrons. The maximum absolute atomic E-state index is 10.0. The Balaban J connectivity index is 3.99. The minimum absolute atomic E-state index is 0.0393. The van der Waals surface area contributed by atoms with Crippen molar-refractivity contribution in [1.29, 1.82) is 0 Å². The smallest absolute Gasteiger partial charge is 0.417 e. The summed E-state index contributed by atoms with van der Waals surface area (Å²) in [7, 11) is 0. The van der Waals surface area contributed by atoms with Crippen LogP contribution in [-0.2, 0) is 9.53 Å². The molecule has 0 saturated carbocycles. The first-order valence-electron chi connectivity index (χ1n) is 4.70. The number of rotatable bonds is 6. The van der Waals surface area contributed by atoms with Gasteiger partial charge in [-0.2, -0.15) is 0 Å². The van der Waals surface area contributed by atoms with E-state index in [-0.39, 0.29) is 6.10 Å². The molecule has 0 saturated heterocycles. The van der Waals surface area contributed by atoms with Crippen LogP contribution >= 0.6 is 0 Å². The second kappa shape index (κ2) is 6.04. The molecule has 12 heavy (non-hydrogen) atoms. The van der Waals surface area contributed by atoms with Gasteiger partial charge < -0.3 is 4.74 Å². The largest absolute Gasteiger partial charge is 0.454 e. The molecule has 0 aliphatic heterocycles. The minimum atomic E-state index is 0.0393. The average Bonchev–Trinajstić information content (AvgIpc) is 2.11. The van der Waals surface area contributed by atoms with Crippen molar-refractivity contribution in [2.75, 3.05) is 0 Å². The third-order valence-corrected chi connectivity index (χ3v) is 2.73. The molecular weight excluding hydrogens is 152 g/mol. The zero-order valence-corrected chi connectivity index (χ0v) is 8.46. The molecule has 0 amide bonds. The predicted octanol–water partition coefficient (Wildman–Crippen LogP) is 2.53. The summed E-state index contributed by atoms with van der Waals surface area (Å²) in [5, 5.41) is 0. The van der Waals surface area contributed by atoms with Crippen molar-refractivity contribution in [3.63, 3.8) is 0 Å². The monoisotopic (exact) mass is 171 g/mol. The molecular formula is C10H19O2. The summed E-state index contributed by atoms with van der Waals surface area (Å²) < 4.78 is 4.87. The van der Waals surface area contributed by atoms with Gasteiger partial charge in [0.15, 0.2) is 0 Å². The Hall–Kier alpha value is -0.530. The van der Waals surface area contributed by atoms with Crippen molar-refractivity contribution in [2.24, 2.45) is 11.8 Å². The fourth-order valence-corrected chi connectivity index (χ4v) is 1.36. The van der Waals surface area contributed by atoms with Gasteiger partial charge in [-0.15, -0.1) is 0 Å². The summed E-state index contributed by atoms with van der Waals surface area (Å²) in [6.07, 6.45) is 2.04. The van der Waals surface area contributed by atoms with Gasteiger partial charge in [0.2, 0.25) is 0 Å². The molecule has 0 aliphatic rings. The Labute approximate surface area is 75.3 Å². The molecule has 3 unspecified atom stereocenters. The van der Waals surface area contributed by atoms with Crippen molar-refractivity contribution in [3.05, 3.63) is 0 Å². The van der Waals surface area contributed by atoms with Gasteiger partial charge in [0.05, 0.1) is 0 Å². The summed E-state index contributed by atoms with van der Waals surface area (Å²) in [4.78, 5) is 10.0. The first-order valence-corrected chi connectivity index (χ1v) is 4.70. The number of hydrogen-bond donors (Lipinski definition) is 0. The molecule has 3 atom stereocenters. The molecule has 0 heterocycles. The van der Waals surface area contributed by atoms with Gasteiger partial charge in [-0.05, 0) is 18.3 Å². The third-order valence-electron chi connectivity index (χ3n) is 2.73. The molecule has 0 aromatic rings. The van der Waals surface area contributed by atoms with Crippen LogP contribution in [0.25, 0.3) is 0 Å². The van der Waals surface area contributed by atoms with Crippen LogP contribution in [0.3, 0.4) is 0 Å². The Morgan fingerprint density at radius 2 is 1.83 bits per heavy atom. The second-order valence-corrected chi connectivity index (χ2v) is 3.39. The fraction of sp³-hybridized carbons (Fsp3) is 0.900. The van der Waals surface area contributed by atoms with E-state index in [0.29, 0.717) is 11.8 Å². The summed E-state index contributed by atoms with van der Waals surface area (Å²) in [6.45, 7) is 10.0. The zero-order chi connectivity index (χ0) is 9.56. The Morgan fingerprint density at radius 1 is 1.25 bits per heavy atom. The van der Waals surface area contributed by atoms with E-state index in [1.165, 1.54) is 6.47 Å². The fourth-order valence-electron chi connectivity index (χ4n) is 1.36. The van der Waals surface area contributed by atoms with E-state index in [9.17, 15) is 4.79 Å². The summed E-state index contributed by atoms with van der Waals surface area (Å²) >= 11 is 0. The lowest BCUT2D eigenvalue weighted by molar-refractivity contribution is 0.0896. The van der Waals surface area contributed by atoms with E-state index in [2.05, 4.69) is 20.8 Å². The van der Waals surface area contributed by atoms with Crippen molar-refractivity contribution in [3.8, 4) is 0 Å². The van der Waals surface area contributed by atoms with Gasteiger partial charge in [-0.3, -0.25) is 0 Å². The molecule has 0 aliphatic carbocycles. The molecule has 0 bridgehead atoms. The van der Waals surface area contributed by atoms with Gasteiger partial charge in [-0.1, -0.05) is 34.1 Å². The average molecular weight is 171 g/mol. The van der Waals surface area contributed by atoms with Crippen molar-refractivity contribution < 1.29 is 9.53 Å². The molecule has 0 fully saturated rings. The van der Waals surface area contributed by atoms with E-state index < -0.39 is 0 Å². The van der Waals surface area contributed by atoms with Crippen molar-refractivity contribution >= 4 is 6.47 Å². The Bertz CT molecular complexity index is 123. The van der Waals surface area contributed by atoms with Crippen LogP contribution in [0.2, 0.25) is 0 Å². The van der Waals surface area contributed by atoms with E-state index >= 15 is 0 Å². The highest BCUT2D eigenvalue weighted by molar-refractivity contribution is 5.38. The topological polar surface area (TPSA) is 26.3 Å². The van der Waals surface area contributed by atoms with Crippen LogP contribution in [0.1, 0.15) is 40.5 Å². The van der Waals surface area contributed by atoms with E-state index in [1.54, 1.807) is 0 Å². The van der Waals surface area contributed by atoms with Crippen LogP contribution in [0.15, 0.2) is 0 Å². The molecule has 2 nitrogen and oxygen atoms in total. The lowest BCUT2D eigenvalue weighted by atomic mass is 9.87. The number of ether oxygens (including phenoxy) is 1. The molecule has 0 aromatic heterocycles. The van der Waals surface area contributed by atoms with Crippen LogP contribution in [0.5, 0.6) is 0 Å². The van der Waals surface area contributed by atoms with Gasteiger partial charge in [0, 0.05) is 0 Å². The Morgan fingerprint density at radius 3 is 2.17 bits per heavy atom. The van der Waals surface area contributed by atoms with E-state index in [1.807, 2.05) is 6.92 Å². The SMILES string of the molecule is CCC(C)C(C)C(CC)O[C]=O. The number of hydrogen-bond acceptors (Lipinski definition) is 2. The number of carbonyl (C=O) groups excluding carboxylic acids is 1. The maximum atomic E-state index is 10.0.